The van der Waals surface area contributed by atoms with Crippen LogP contribution >= 0.6 is 0 Å². The normalized spacial score (nSPS) is 11.0. The van der Waals surface area contributed by atoms with Gasteiger partial charge in [0.05, 0.1) is 34.0 Å². The number of hydrogen-bond donors (Lipinski definition) is 0. The molecule has 0 unspecified atom stereocenters. The van der Waals surface area contributed by atoms with Crippen LogP contribution in [0.4, 0.5) is 51.6 Å². The van der Waals surface area contributed by atoms with Crippen LogP contribution in [0.2, 0.25) is 0 Å². The summed E-state index contributed by atoms with van der Waals surface area (Å²) in [6.07, 6.45) is 13.6. The summed E-state index contributed by atoms with van der Waals surface area (Å²) in [4.78, 5) is 34.2. The van der Waals surface area contributed by atoms with Crippen molar-refractivity contribution in [1.29, 1.82) is 0 Å². The van der Waals surface area contributed by atoms with E-state index in [1.54, 1.807) is 18.6 Å². The van der Waals surface area contributed by atoms with Crippen LogP contribution in [0, 0.1) is 62.1 Å². The van der Waals surface area contributed by atoms with Gasteiger partial charge in [-0.25, -0.2) is 15.0 Å². The first-order valence-electron chi connectivity index (χ1n) is 48.8. The maximum Gasteiger partial charge on any atom is 0.135 e. The Kier molecular flexibility index (Phi) is 34.1. The zero-order chi connectivity index (χ0) is 97.4. The second-order valence-corrected chi connectivity index (χ2v) is 36.7. The van der Waals surface area contributed by atoms with Crippen LogP contribution in [0.3, 0.4) is 0 Å². The number of rotatable bonds is 18. The van der Waals surface area contributed by atoms with E-state index in [1.165, 1.54) is 110 Å². The standard InChI is InChI=1S/C29H29N2.C27H25N2.C23H17N2.3C17H13N2.3Ir/c1-19(2)16-21-10-9-11-22(17-20(3)4)28(21)27-18-30-29-25-14-6-5-12-23(25)24-13-7-8-15-26(24)31(27)29;1-17(2)19-13-9-14-20(18(3)4)26(19)25-16-28-27-23-12-6-5-10-21(23)22-11-7-8-15-24(22)29(25)27;1-15-8-7-9-16(2)22(15)21-14-24-23-19-12-4-3-10-17(19)18-11-5-6-13-20(18)25(21)23;3*1-3-9-15(10-4-1)19(16-11-5-2-6-12-16)17-13-7-8-14-18-17;;;/h5-13,15,18-20H,16-17H2,1-4H3;5-11,13-18H,1-4H3;3-11,13-14H,1-2H3;3*1-11,13-14H;;;/q6*-1;;;. The van der Waals surface area contributed by atoms with E-state index in [2.05, 4.69) is 355 Å². The Bertz CT molecular complexity index is 7750. The molecule has 0 saturated heterocycles. The second kappa shape index (κ2) is 48.2. The molecule has 12 nitrogen and oxygen atoms in total. The molecular formula is C130H110Ir3N12-6. The van der Waals surface area contributed by atoms with Gasteiger partial charge in [-0.15, -0.1) is 107 Å². The van der Waals surface area contributed by atoms with E-state index in [-0.39, 0.29) is 60.3 Å². The predicted molar refractivity (Wildman–Crippen MR) is 591 cm³/mol. The number of pyridine rings is 6. The van der Waals surface area contributed by atoms with E-state index in [1.807, 2.05) is 212 Å². The fraction of sp³-hybridized carbons (Fsp3) is 0.123. The van der Waals surface area contributed by atoms with Gasteiger partial charge in [-0.2, -0.15) is 72.8 Å². The van der Waals surface area contributed by atoms with Gasteiger partial charge < -0.3 is 27.9 Å². The zero-order valence-corrected chi connectivity index (χ0v) is 89.8. The van der Waals surface area contributed by atoms with Gasteiger partial charge in [0.25, 0.3) is 0 Å². The van der Waals surface area contributed by atoms with Gasteiger partial charge in [-0.3, -0.25) is 15.0 Å². The van der Waals surface area contributed by atoms with Crippen LogP contribution in [-0.2, 0) is 73.2 Å². The van der Waals surface area contributed by atoms with Crippen molar-refractivity contribution < 1.29 is 60.3 Å². The van der Waals surface area contributed by atoms with E-state index in [9.17, 15) is 0 Å². The van der Waals surface area contributed by atoms with Crippen LogP contribution in [-0.4, -0.2) is 43.1 Å². The average Bonchev–Trinajstić information content (AvgIpc) is 1.61. The molecule has 0 fully saturated rings. The van der Waals surface area contributed by atoms with Gasteiger partial charge in [-0.05, 0) is 191 Å². The summed E-state index contributed by atoms with van der Waals surface area (Å²) in [5.74, 6) is 4.72. The Labute approximate surface area is 891 Å². The summed E-state index contributed by atoms with van der Waals surface area (Å²) in [5.41, 5.74) is 28.2. The molecule has 0 spiro atoms. The van der Waals surface area contributed by atoms with E-state index >= 15 is 0 Å². The fourth-order valence-electron chi connectivity index (χ4n) is 19.3. The third-order valence-electron chi connectivity index (χ3n) is 25.4. The van der Waals surface area contributed by atoms with Crippen LogP contribution in [0.5, 0.6) is 0 Å². The molecule has 0 amide bonds. The van der Waals surface area contributed by atoms with Gasteiger partial charge >= 0.3 is 0 Å². The Hall–Kier alpha value is -15.3. The molecule has 24 rings (SSSR count). The van der Waals surface area contributed by atoms with E-state index in [0.717, 1.165) is 103 Å². The molecule has 0 N–H and O–H groups in total. The number of imidazole rings is 3. The van der Waals surface area contributed by atoms with E-state index in [4.69, 9.17) is 15.0 Å². The topological polar surface area (TPSA) is 100 Å². The molecule has 0 aliphatic carbocycles. The minimum Gasteiger partial charge on any atom is -0.333 e. The summed E-state index contributed by atoms with van der Waals surface area (Å²) in [7, 11) is 0. The first-order valence-corrected chi connectivity index (χ1v) is 48.8. The minimum absolute atomic E-state index is 0. The molecule has 0 bridgehead atoms. The fourth-order valence-corrected chi connectivity index (χ4v) is 19.3. The third-order valence-corrected chi connectivity index (χ3v) is 25.4. The van der Waals surface area contributed by atoms with Crippen molar-refractivity contribution in [2.24, 2.45) is 11.8 Å². The maximum absolute atomic E-state index is 4.95. The molecule has 9 heterocycles. The number of aryl methyl sites for hydroxylation is 2. The zero-order valence-electron chi connectivity index (χ0n) is 82.7. The second-order valence-electron chi connectivity index (χ2n) is 36.7. The molecule has 3 radical (unpaired) electrons. The molecule has 0 atom stereocenters. The van der Waals surface area contributed by atoms with Crippen LogP contribution in [0.1, 0.15) is 101 Å². The molecule has 723 valence electrons. The van der Waals surface area contributed by atoms with E-state index in [0.29, 0.717) is 23.7 Å². The minimum atomic E-state index is 0. The Morgan fingerprint density at radius 2 is 0.531 bits per heavy atom. The molecule has 15 heteroatoms. The van der Waals surface area contributed by atoms with Gasteiger partial charge in [0, 0.05) is 148 Å². The van der Waals surface area contributed by atoms with Gasteiger partial charge in [0.15, 0.2) is 0 Å². The maximum atomic E-state index is 4.95. The van der Waals surface area contributed by atoms with Crippen molar-refractivity contribution >= 4 is 134 Å². The summed E-state index contributed by atoms with van der Waals surface area (Å²) in [5, 5.41) is 10.5. The molecule has 145 heavy (non-hydrogen) atoms. The molecule has 9 aromatic heterocycles. The smallest absolute Gasteiger partial charge is 0.135 e. The number of fused-ring (bicyclic) bond motifs is 18. The van der Waals surface area contributed by atoms with Crippen molar-refractivity contribution in [2.45, 2.75) is 93.9 Å². The summed E-state index contributed by atoms with van der Waals surface area (Å²) in [6.45, 7) is 22.6. The number of benzene rings is 15. The summed E-state index contributed by atoms with van der Waals surface area (Å²) >= 11 is 0. The van der Waals surface area contributed by atoms with Crippen molar-refractivity contribution in [3.05, 3.63) is 507 Å². The average molecular weight is 2420 g/mol. The number of nitrogens with zero attached hydrogens (tertiary/aromatic N) is 12. The van der Waals surface area contributed by atoms with Crippen LogP contribution in [0.15, 0.2) is 438 Å². The molecule has 0 aliphatic heterocycles. The number of aromatic nitrogens is 9. The van der Waals surface area contributed by atoms with Gasteiger partial charge in [0.1, 0.15) is 17.5 Å². The Balaban J connectivity index is 0.000000125. The Morgan fingerprint density at radius 1 is 0.248 bits per heavy atom. The number of hydrogen-bond acceptors (Lipinski definition) is 9. The monoisotopic (exact) mass is 2420 g/mol. The molecule has 15 aromatic carbocycles. The van der Waals surface area contributed by atoms with Gasteiger partial charge in [-0.1, -0.05) is 271 Å². The van der Waals surface area contributed by atoms with Crippen molar-refractivity contribution in [1.82, 2.24) is 43.1 Å². The SMILES string of the molecule is CC(C)Cc1cccc(CC(C)C)c1-c1cnc2c3[c-]cccc3c3ccccc3n12.CC(C)c1cccc(C(C)C)c1-c1cnc2c3[c-]cccc3c3ccccc3n12.Cc1cccc(C)c1-c1cnc2c3[c-]cccc3c3ccccc3n12.[Ir].[Ir].[Ir].[c-]1ccccc1N(c1ccccc1)c1ccccn1.[c-]1ccccc1N(c1ccccc1)c1ccccn1.[c-]1ccccc1N(c1ccccc1)c1ccccn1. The van der Waals surface area contributed by atoms with Crippen molar-refractivity contribution in [2.75, 3.05) is 14.7 Å². The first-order chi connectivity index (χ1) is 69.7. The van der Waals surface area contributed by atoms with Crippen LogP contribution < -0.4 is 14.7 Å². The molecular weight excluding hydrogens is 2310 g/mol. The summed E-state index contributed by atoms with van der Waals surface area (Å²) < 4.78 is 6.97. The summed E-state index contributed by atoms with van der Waals surface area (Å²) in [6, 6.07) is 156. The molecule has 0 aliphatic rings. The van der Waals surface area contributed by atoms with Crippen molar-refractivity contribution in [3.63, 3.8) is 0 Å². The van der Waals surface area contributed by atoms with Crippen LogP contribution in [0.25, 0.3) is 116 Å². The Morgan fingerprint density at radius 3 is 0.841 bits per heavy atom. The van der Waals surface area contributed by atoms with E-state index < -0.39 is 0 Å². The quantitative estimate of drug-likeness (QED) is 0.0614. The first kappa shape index (κ1) is 103. The largest absolute Gasteiger partial charge is 0.333 e. The third kappa shape index (κ3) is 22.4. The van der Waals surface area contributed by atoms with Crippen molar-refractivity contribution in [3.8, 4) is 33.8 Å². The molecule has 0 saturated carbocycles. The number of anilines is 9. The molecule has 24 aromatic rings. The van der Waals surface area contributed by atoms with Gasteiger partial charge in [0.2, 0.25) is 0 Å². The number of para-hydroxylation sites is 9. The predicted octanol–water partition coefficient (Wildman–Crippen LogP) is 33.6.